The summed E-state index contributed by atoms with van der Waals surface area (Å²) in [5.74, 6) is -1.23. The fourth-order valence-corrected chi connectivity index (χ4v) is 7.89. The Balaban J connectivity index is 4.27. The summed E-state index contributed by atoms with van der Waals surface area (Å²) in [6, 6.07) is -0.859. The summed E-state index contributed by atoms with van der Waals surface area (Å²) >= 11 is 0. The van der Waals surface area contributed by atoms with E-state index in [1.54, 1.807) is 0 Å². The number of nitrogens with two attached hydrogens (primary N) is 1. The van der Waals surface area contributed by atoms with Crippen molar-refractivity contribution in [2.75, 3.05) is 6.54 Å². The number of carboxylic acids is 1. The summed E-state index contributed by atoms with van der Waals surface area (Å²) in [5.41, 5.74) is 5.50. The summed E-state index contributed by atoms with van der Waals surface area (Å²) in [6.45, 7) is 4.85. The van der Waals surface area contributed by atoms with Gasteiger partial charge in [-0.25, -0.2) is 4.79 Å². The Morgan fingerprint density at radius 3 is 1.32 bits per heavy atom. The van der Waals surface area contributed by atoms with E-state index in [4.69, 9.17) is 10.5 Å². The van der Waals surface area contributed by atoms with Crippen LogP contribution in [0.15, 0.2) is 60.8 Å². The molecule has 0 aliphatic rings. The molecule has 1 amide bonds. The van der Waals surface area contributed by atoms with Crippen LogP contribution in [0.5, 0.6) is 0 Å². The highest BCUT2D eigenvalue weighted by Gasteiger charge is 2.19. The summed E-state index contributed by atoms with van der Waals surface area (Å²) in [6.07, 6.45) is 64.2. The molecule has 0 aromatic rings. The van der Waals surface area contributed by atoms with Crippen molar-refractivity contribution in [2.24, 2.45) is 5.73 Å². The third-order valence-electron chi connectivity index (χ3n) is 11.8. The highest BCUT2D eigenvalue weighted by molar-refractivity contribution is 5.83. The number of carboxylic acid groups (broad SMARTS) is 1. The second-order valence-electron chi connectivity index (χ2n) is 17.9. The summed E-state index contributed by atoms with van der Waals surface area (Å²) in [5, 5.41) is 12.0. The fraction of sp³-hybridized carbons (Fsp3) is 0.768. The minimum absolute atomic E-state index is 0.00467. The van der Waals surface area contributed by atoms with Crippen LogP contribution in [0.25, 0.3) is 0 Å². The number of hydrogen-bond donors (Lipinski definition) is 3. The number of aliphatic carboxylic acids is 1. The van der Waals surface area contributed by atoms with Crippen LogP contribution in [-0.2, 0) is 19.1 Å². The normalized spacial score (nSPS) is 13.1. The molecular formula is C56H100N2O5. The molecule has 0 aromatic carbocycles. The lowest BCUT2D eigenvalue weighted by atomic mass is 10.0. The van der Waals surface area contributed by atoms with Crippen LogP contribution in [0.4, 0.5) is 0 Å². The van der Waals surface area contributed by atoms with E-state index in [9.17, 15) is 19.5 Å². The molecule has 0 fully saturated rings. The molecule has 0 heterocycles. The van der Waals surface area contributed by atoms with Crippen molar-refractivity contribution in [1.29, 1.82) is 0 Å². The maximum Gasteiger partial charge on any atom is 0.326 e. The topological polar surface area (TPSA) is 119 Å². The molecule has 7 nitrogen and oxygen atoms in total. The Labute approximate surface area is 389 Å². The summed E-state index contributed by atoms with van der Waals surface area (Å²) < 4.78 is 6.09. The molecule has 0 bridgehead atoms. The van der Waals surface area contributed by atoms with E-state index in [0.29, 0.717) is 32.2 Å². The number of amides is 1. The van der Waals surface area contributed by atoms with Gasteiger partial charge < -0.3 is 20.9 Å². The van der Waals surface area contributed by atoms with Gasteiger partial charge in [-0.1, -0.05) is 209 Å². The second kappa shape index (κ2) is 50.1. The van der Waals surface area contributed by atoms with Gasteiger partial charge in [0.15, 0.2) is 0 Å². The Bertz CT molecular complexity index is 1170. The van der Waals surface area contributed by atoms with E-state index in [2.05, 4.69) is 79.9 Å². The first-order valence-corrected chi connectivity index (χ1v) is 26.6. The van der Waals surface area contributed by atoms with Gasteiger partial charge in [-0.2, -0.15) is 0 Å². The number of rotatable bonds is 48. The molecule has 0 saturated carbocycles. The number of allylic oxidation sites excluding steroid dienone is 10. The van der Waals surface area contributed by atoms with E-state index >= 15 is 0 Å². The first-order chi connectivity index (χ1) is 30.9. The molecule has 63 heavy (non-hydrogen) atoms. The third-order valence-corrected chi connectivity index (χ3v) is 11.8. The van der Waals surface area contributed by atoms with Crippen LogP contribution in [-0.4, -0.2) is 41.6 Å². The molecule has 7 heteroatoms. The lowest BCUT2D eigenvalue weighted by Crippen LogP contribution is -2.40. The fourth-order valence-electron chi connectivity index (χ4n) is 7.89. The van der Waals surface area contributed by atoms with Crippen molar-refractivity contribution >= 4 is 17.8 Å². The van der Waals surface area contributed by atoms with Gasteiger partial charge in [0.05, 0.1) is 0 Å². The SMILES string of the molecule is CC/C=C\C/C=C\C/C=C\C/C=C\C/C=C\CCCCCCCCCC(=O)OC(CCCCCCCCCCCCCCCC)CCCCCCCC(=O)NC(CCCN)C(=O)O. The zero-order valence-electron chi connectivity index (χ0n) is 41.2. The molecule has 0 saturated heterocycles. The number of esters is 1. The molecule has 0 rings (SSSR count). The van der Waals surface area contributed by atoms with Crippen LogP contribution in [0.3, 0.4) is 0 Å². The number of ether oxygens (including phenoxy) is 1. The molecule has 0 radical (unpaired) electrons. The third kappa shape index (κ3) is 46.9. The van der Waals surface area contributed by atoms with Crippen molar-refractivity contribution in [2.45, 2.75) is 270 Å². The minimum atomic E-state index is -1.00. The van der Waals surface area contributed by atoms with Crippen LogP contribution in [0.1, 0.15) is 258 Å². The maximum atomic E-state index is 12.9. The lowest BCUT2D eigenvalue weighted by Gasteiger charge is -2.18. The number of carbonyl (C=O) groups is 3. The zero-order valence-corrected chi connectivity index (χ0v) is 41.2. The van der Waals surface area contributed by atoms with Crippen molar-refractivity contribution in [3.63, 3.8) is 0 Å². The van der Waals surface area contributed by atoms with Gasteiger partial charge in [0.1, 0.15) is 12.1 Å². The van der Waals surface area contributed by atoms with Gasteiger partial charge in [-0.15, -0.1) is 0 Å². The highest BCUT2D eigenvalue weighted by atomic mass is 16.5. The molecule has 0 spiro atoms. The first kappa shape index (κ1) is 60.1. The molecule has 2 unspecified atom stereocenters. The summed E-state index contributed by atoms with van der Waals surface area (Å²) in [4.78, 5) is 36.6. The van der Waals surface area contributed by atoms with Gasteiger partial charge in [0.2, 0.25) is 5.91 Å². The van der Waals surface area contributed by atoms with E-state index < -0.39 is 12.0 Å². The van der Waals surface area contributed by atoms with Gasteiger partial charge in [-0.05, 0) is 103 Å². The van der Waals surface area contributed by atoms with Crippen LogP contribution in [0, 0.1) is 0 Å². The maximum absolute atomic E-state index is 12.9. The van der Waals surface area contributed by atoms with Gasteiger partial charge in [0, 0.05) is 12.8 Å². The monoisotopic (exact) mass is 881 g/mol. The van der Waals surface area contributed by atoms with E-state index in [-0.39, 0.29) is 18.0 Å². The van der Waals surface area contributed by atoms with Crippen molar-refractivity contribution in [3.05, 3.63) is 60.8 Å². The predicted molar refractivity (Wildman–Crippen MR) is 271 cm³/mol. The van der Waals surface area contributed by atoms with Crippen molar-refractivity contribution in [1.82, 2.24) is 5.32 Å². The molecular weight excluding hydrogens is 781 g/mol. The van der Waals surface area contributed by atoms with Gasteiger partial charge in [-0.3, -0.25) is 9.59 Å². The standard InChI is InChI=1S/C56H100N2O5/c1-3-5-7-9-11-13-15-17-19-20-21-22-23-24-25-26-27-29-31-33-35-40-44-50-55(60)63-52(46-41-37-34-32-30-28-18-16-14-12-10-8-6-4-2)47-42-38-36-39-43-49-54(59)58-53(56(61)62)48-45-51-57/h5,7,11,13,17,19,21-22,24-25,52-53H,3-4,6,8-10,12,14-16,18,20,23,26-51,57H2,1-2H3,(H,58,59)(H,61,62)/b7-5-,13-11-,19-17-,22-21-,25-24-. The van der Waals surface area contributed by atoms with Crippen LogP contribution in [0.2, 0.25) is 0 Å². The average molecular weight is 881 g/mol. The molecule has 2 atom stereocenters. The lowest BCUT2D eigenvalue weighted by molar-refractivity contribution is -0.150. The zero-order chi connectivity index (χ0) is 45.9. The largest absolute Gasteiger partial charge is 0.480 e. The quantitative estimate of drug-likeness (QED) is 0.0318. The van der Waals surface area contributed by atoms with E-state index in [0.717, 1.165) is 103 Å². The number of hydrogen-bond acceptors (Lipinski definition) is 5. The van der Waals surface area contributed by atoms with Crippen LogP contribution < -0.4 is 11.1 Å². The minimum Gasteiger partial charge on any atom is -0.480 e. The number of carbonyl (C=O) groups excluding carboxylic acids is 2. The van der Waals surface area contributed by atoms with Crippen LogP contribution >= 0.6 is 0 Å². The molecule has 4 N–H and O–H groups in total. The molecule has 364 valence electrons. The molecule has 0 aromatic heterocycles. The average Bonchev–Trinajstić information content (AvgIpc) is 3.27. The Morgan fingerprint density at radius 1 is 0.476 bits per heavy atom. The first-order valence-electron chi connectivity index (χ1n) is 26.6. The number of nitrogens with one attached hydrogen (secondary N) is 1. The van der Waals surface area contributed by atoms with Gasteiger partial charge in [0.25, 0.3) is 0 Å². The van der Waals surface area contributed by atoms with Crippen molar-refractivity contribution in [3.8, 4) is 0 Å². The smallest absolute Gasteiger partial charge is 0.326 e. The van der Waals surface area contributed by atoms with E-state index in [1.165, 1.54) is 116 Å². The molecule has 0 aliphatic carbocycles. The van der Waals surface area contributed by atoms with E-state index in [1.807, 2.05) is 0 Å². The second-order valence-corrected chi connectivity index (χ2v) is 17.9. The Hall–Kier alpha value is -2.93. The van der Waals surface area contributed by atoms with Crippen molar-refractivity contribution < 1.29 is 24.2 Å². The molecule has 0 aliphatic heterocycles. The van der Waals surface area contributed by atoms with Gasteiger partial charge >= 0.3 is 11.9 Å². The Kier molecular flexibility index (Phi) is 47.7. The number of unbranched alkanes of at least 4 members (excludes halogenated alkanes) is 24. The predicted octanol–water partition coefficient (Wildman–Crippen LogP) is 16.1. The Morgan fingerprint density at radius 2 is 0.873 bits per heavy atom. The summed E-state index contributed by atoms with van der Waals surface area (Å²) in [7, 11) is 0. The highest BCUT2D eigenvalue weighted by Crippen LogP contribution is 2.19.